The van der Waals surface area contributed by atoms with E-state index in [-0.39, 0.29) is 12.1 Å². The first kappa shape index (κ1) is 12.9. The van der Waals surface area contributed by atoms with Gasteiger partial charge in [-0.05, 0) is 31.2 Å². The Labute approximate surface area is 107 Å². The summed E-state index contributed by atoms with van der Waals surface area (Å²) < 4.78 is 5.20. The quantitative estimate of drug-likeness (QED) is 0.754. The number of urea groups is 1. The van der Waals surface area contributed by atoms with E-state index in [4.69, 9.17) is 4.74 Å². The Balaban J connectivity index is 1.82. The van der Waals surface area contributed by atoms with Gasteiger partial charge in [-0.15, -0.1) is 0 Å². The summed E-state index contributed by atoms with van der Waals surface area (Å²) in [5, 5.41) is 8.77. The van der Waals surface area contributed by atoms with Crippen LogP contribution in [-0.2, 0) is 11.3 Å². The predicted molar refractivity (Wildman–Crippen MR) is 70.6 cm³/mol. The molecule has 1 saturated heterocycles. The minimum absolute atomic E-state index is 0.133. The monoisotopic (exact) mass is 249 g/mol. The maximum absolute atomic E-state index is 11.7. The first-order valence-electron chi connectivity index (χ1n) is 6.17. The maximum atomic E-state index is 11.7. The Hall–Kier alpha value is -1.59. The van der Waals surface area contributed by atoms with Crippen LogP contribution in [0.1, 0.15) is 12.0 Å². The molecule has 0 saturated carbocycles. The molecule has 1 atom stereocenters. The lowest BCUT2D eigenvalue weighted by atomic mass is 10.2. The highest BCUT2D eigenvalue weighted by Gasteiger charge is 2.17. The van der Waals surface area contributed by atoms with E-state index in [9.17, 15) is 4.79 Å². The molecule has 2 rings (SSSR count). The number of rotatable bonds is 4. The largest absolute Gasteiger partial charge is 0.379 e. The molecular weight excluding hydrogens is 230 g/mol. The molecule has 0 spiro atoms. The molecule has 0 radical (unpaired) electrons. The number of benzene rings is 1. The number of nitrogens with one attached hydrogen (secondary N) is 3. The van der Waals surface area contributed by atoms with Gasteiger partial charge in [0.15, 0.2) is 0 Å². The van der Waals surface area contributed by atoms with Gasteiger partial charge in [-0.3, -0.25) is 0 Å². The van der Waals surface area contributed by atoms with Crippen LogP contribution in [0.25, 0.3) is 0 Å². The van der Waals surface area contributed by atoms with Crippen molar-refractivity contribution in [2.45, 2.75) is 19.0 Å². The van der Waals surface area contributed by atoms with Crippen molar-refractivity contribution in [1.29, 1.82) is 0 Å². The lowest BCUT2D eigenvalue weighted by molar-refractivity contribution is 0.189. The van der Waals surface area contributed by atoms with E-state index < -0.39 is 0 Å². The van der Waals surface area contributed by atoms with Gasteiger partial charge in [0, 0.05) is 18.8 Å². The SMILES string of the molecule is CNCc1ccc(NC(=O)NC2CCOC2)cc1. The summed E-state index contributed by atoms with van der Waals surface area (Å²) in [7, 11) is 1.91. The summed E-state index contributed by atoms with van der Waals surface area (Å²) in [5.74, 6) is 0. The summed E-state index contributed by atoms with van der Waals surface area (Å²) in [6, 6.07) is 7.74. The zero-order valence-electron chi connectivity index (χ0n) is 10.5. The van der Waals surface area contributed by atoms with E-state index in [1.807, 2.05) is 31.3 Å². The normalized spacial score (nSPS) is 18.6. The third-order valence-corrected chi connectivity index (χ3v) is 2.86. The van der Waals surface area contributed by atoms with Gasteiger partial charge >= 0.3 is 6.03 Å². The van der Waals surface area contributed by atoms with Crippen LogP contribution in [-0.4, -0.2) is 32.3 Å². The molecule has 0 aliphatic carbocycles. The van der Waals surface area contributed by atoms with Gasteiger partial charge in [0.25, 0.3) is 0 Å². The zero-order valence-corrected chi connectivity index (χ0v) is 10.5. The third-order valence-electron chi connectivity index (χ3n) is 2.86. The van der Waals surface area contributed by atoms with Crippen LogP contribution in [0, 0.1) is 0 Å². The van der Waals surface area contributed by atoms with E-state index in [0.717, 1.165) is 25.3 Å². The van der Waals surface area contributed by atoms with Gasteiger partial charge in [0.1, 0.15) is 0 Å². The second kappa shape index (κ2) is 6.37. The Morgan fingerprint density at radius 3 is 2.78 bits per heavy atom. The third kappa shape index (κ3) is 3.72. The van der Waals surface area contributed by atoms with Gasteiger partial charge in [0.2, 0.25) is 0 Å². The molecule has 1 aliphatic heterocycles. The Morgan fingerprint density at radius 2 is 2.17 bits per heavy atom. The number of carbonyl (C=O) groups is 1. The summed E-state index contributed by atoms with van der Waals surface area (Å²) >= 11 is 0. The van der Waals surface area contributed by atoms with Crippen LogP contribution < -0.4 is 16.0 Å². The van der Waals surface area contributed by atoms with Gasteiger partial charge in [-0.25, -0.2) is 4.79 Å². The topological polar surface area (TPSA) is 62.4 Å². The Morgan fingerprint density at radius 1 is 1.39 bits per heavy atom. The minimum atomic E-state index is -0.174. The van der Waals surface area contributed by atoms with Gasteiger partial charge in [-0.1, -0.05) is 12.1 Å². The summed E-state index contributed by atoms with van der Waals surface area (Å²) in [5.41, 5.74) is 1.99. The fourth-order valence-electron chi connectivity index (χ4n) is 1.91. The number of hydrogen-bond donors (Lipinski definition) is 3. The molecule has 0 aromatic heterocycles. The van der Waals surface area contributed by atoms with Crippen molar-refractivity contribution in [3.05, 3.63) is 29.8 Å². The summed E-state index contributed by atoms with van der Waals surface area (Å²) in [6.45, 7) is 2.16. The second-order valence-corrected chi connectivity index (χ2v) is 4.39. The number of ether oxygens (including phenoxy) is 1. The highest BCUT2D eigenvalue weighted by Crippen LogP contribution is 2.10. The molecular formula is C13H19N3O2. The van der Waals surface area contributed by atoms with Gasteiger partial charge in [-0.2, -0.15) is 0 Å². The number of hydrogen-bond acceptors (Lipinski definition) is 3. The summed E-state index contributed by atoms with van der Waals surface area (Å²) in [4.78, 5) is 11.7. The van der Waals surface area contributed by atoms with E-state index >= 15 is 0 Å². The minimum Gasteiger partial charge on any atom is -0.379 e. The molecule has 2 amide bonds. The molecule has 1 aromatic rings. The molecule has 1 aromatic carbocycles. The highest BCUT2D eigenvalue weighted by molar-refractivity contribution is 5.89. The highest BCUT2D eigenvalue weighted by atomic mass is 16.5. The average molecular weight is 249 g/mol. The fourth-order valence-corrected chi connectivity index (χ4v) is 1.91. The predicted octanol–water partition coefficient (Wildman–Crippen LogP) is 1.32. The van der Waals surface area contributed by atoms with Crippen molar-refractivity contribution in [2.24, 2.45) is 0 Å². The maximum Gasteiger partial charge on any atom is 0.319 e. The molecule has 98 valence electrons. The van der Waals surface area contributed by atoms with E-state index in [0.29, 0.717) is 6.61 Å². The lowest BCUT2D eigenvalue weighted by Gasteiger charge is -2.12. The zero-order chi connectivity index (χ0) is 12.8. The van der Waals surface area contributed by atoms with E-state index in [1.165, 1.54) is 5.56 Å². The van der Waals surface area contributed by atoms with Crippen LogP contribution in [0.15, 0.2) is 24.3 Å². The van der Waals surface area contributed by atoms with Crippen LogP contribution in [0.4, 0.5) is 10.5 Å². The standard InChI is InChI=1S/C13H19N3O2/c1-14-8-10-2-4-11(5-3-10)15-13(17)16-12-6-7-18-9-12/h2-5,12,14H,6-9H2,1H3,(H2,15,16,17). The lowest BCUT2D eigenvalue weighted by Crippen LogP contribution is -2.38. The van der Waals surface area contributed by atoms with Crippen LogP contribution in [0.5, 0.6) is 0 Å². The van der Waals surface area contributed by atoms with E-state index in [1.54, 1.807) is 0 Å². The van der Waals surface area contributed by atoms with Gasteiger partial charge < -0.3 is 20.7 Å². The van der Waals surface area contributed by atoms with Crippen molar-refractivity contribution in [2.75, 3.05) is 25.6 Å². The first-order chi connectivity index (χ1) is 8.78. The summed E-state index contributed by atoms with van der Waals surface area (Å²) in [6.07, 6.45) is 0.883. The van der Waals surface area contributed by atoms with Gasteiger partial charge in [0.05, 0.1) is 12.6 Å². The van der Waals surface area contributed by atoms with Crippen molar-refractivity contribution in [1.82, 2.24) is 10.6 Å². The molecule has 3 N–H and O–H groups in total. The Kier molecular flexibility index (Phi) is 4.55. The molecule has 1 unspecified atom stereocenters. The molecule has 1 fully saturated rings. The smallest absolute Gasteiger partial charge is 0.319 e. The molecule has 1 aliphatic rings. The molecule has 1 heterocycles. The molecule has 5 heteroatoms. The van der Waals surface area contributed by atoms with Crippen LogP contribution in [0.3, 0.4) is 0 Å². The number of amides is 2. The van der Waals surface area contributed by atoms with Crippen molar-refractivity contribution >= 4 is 11.7 Å². The first-order valence-corrected chi connectivity index (χ1v) is 6.17. The average Bonchev–Trinajstić information content (AvgIpc) is 2.84. The number of anilines is 1. The second-order valence-electron chi connectivity index (χ2n) is 4.39. The fraction of sp³-hybridized carbons (Fsp3) is 0.462. The molecule has 0 bridgehead atoms. The van der Waals surface area contributed by atoms with Crippen molar-refractivity contribution in [3.63, 3.8) is 0 Å². The van der Waals surface area contributed by atoms with Crippen LogP contribution >= 0.6 is 0 Å². The van der Waals surface area contributed by atoms with E-state index in [2.05, 4.69) is 16.0 Å². The Bertz CT molecular complexity index is 386. The molecule has 18 heavy (non-hydrogen) atoms. The molecule has 5 nitrogen and oxygen atoms in total. The van der Waals surface area contributed by atoms with Crippen LogP contribution in [0.2, 0.25) is 0 Å². The number of carbonyl (C=O) groups excluding carboxylic acids is 1. The van der Waals surface area contributed by atoms with Crippen molar-refractivity contribution in [3.8, 4) is 0 Å². The van der Waals surface area contributed by atoms with Crippen molar-refractivity contribution < 1.29 is 9.53 Å².